The summed E-state index contributed by atoms with van der Waals surface area (Å²) in [5, 5.41) is 7.75. The molecule has 0 rings (SSSR count). The van der Waals surface area contributed by atoms with Gasteiger partial charge in [0.05, 0.1) is 6.61 Å². The molecular formula is C2H10NNaO5S. The van der Waals surface area contributed by atoms with Gasteiger partial charge in [0.1, 0.15) is 0 Å². The summed E-state index contributed by atoms with van der Waals surface area (Å²) in [6.07, 6.45) is 0. The second-order valence-electron chi connectivity index (χ2n) is 0.960. The van der Waals surface area contributed by atoms with Gasteiger partial charge in [-0.05, 0) is 0 Å². The van der Waals surface area contributed by atoms with Gasteiger partial charge in [0.15, 0.2) is 0 Å². The van der Waals surface area contributed by atoms with Gasteiger partial charge >= 0.3 is 40.0 Å². The van der Waals surface area contributed by atoms with Crippen molar-refractivity contribution >= 4 is 10.4 Å². The molecule has 0 aromatic rings. The van der Waals surface area contributed by atoms with Crippen molar-refractivity contribution in [2.24, 2.45) is 5.73 Å². The molecule has 10 heavy (non-hydrogen) atoms. The zero-order valence-corrected chi connectivity index (χ0v) is 8.37. The van der Waals surface area contributed by atoms with E-state index in [0.29, 0.717) is 6.54 Å². The average Bonchev–Trinajstić information content (AvgIpc) is 1.61. The van der Waals surface area contributed by atoms with Crippen molar-refractivity contribution in [2.45, 2.75) is 0 Å². The van der Waals surface area contributed by atoms with E-state index in [9.17, 15) is 0 Å². The van der Waals surface area contributed by atoms with Gasteiger partial charge in [-0.15, -0.1) is 0 Å². The molecule has 0 aliphatic carbocycles. The number of rotatable bonds is 1. The minimum atomic E-state index is -4.67. The van der Waals surface area contributed by atoms with Crippen molar-refractivity contribution in [1.82, 2.24) is 0 Å². The molecule has 0 fully saturated rings. The second-order valence-corrected chi connectivity index (χ2v) is 1.86. The van der Waals surface area contributed by atoms with Crippen molar-refractivity contribution in [3.05, 3.63) is 0 Å². The monoisotopic (exact) mass is 183 g/mol. The van der Waals surface area contributed by atoms with Crippen molar-refractivity contribution in [3.63, 3.8) is 0 Å². The molecule has 0 atom stereocenters. The van der Waals surface area contributed by atoms with E-state index in [1.165, 1.54) is 0 Å². The summed E-state index contributed by atoms with van der Waals surface area (Å²) in [6.45, 7) is 0.472. The summed E-state index contributed by atoms with van der Waals surface area (Å²) < 4.78 is 31.6. The number of aliphatic hydroxyl groups is 1. The van der Waals surface area contributed by atoms with Crippen molar-refractivity contribution in [2.75, 3.05) is 13.2 Å². The molecule has 0 saturated carbocycles. The molecule has 0 heterocycles. The minimum Gasteiger partial charge on any atom is -1.00 e. The standard InChI is InChI=1S/C2H7NO.Na.H2O4S.H/c3-1-2-4;;1-5(2,3)4;/h4H,1-3H2;;(H2,1,2,3,4);/q;+1;;-1. The molecule has 0 unspecified atom stereocenters. The zero-order valence-electron chi connectivity index (χ0n) is 6.56. The summed E-state index contributed by atoms with van der Waals surface area (Å²) in [5.41, 5.74) is 4.78. The topological polar surface area (TPSA) is 121 Å². The predicted octanol–water partition coefficient (Wildman–Crippen LogP) is -4.60. The van der Waals surface area contributed by atoms with Crippen LogP contribution in [0.25, 0.3) is 0 Å². The fourth-order valence-electron chi connectivity index (χ4n) is 0. The molecule has 0 spiro atoms. The van der Waals surface area contributed by atoms with Gasteiger partial charge in [0.25, 0.3) is 0 Å². The third-order valence-corrected chi connectivity index (χ3v) is 0.129. The van der Waals surface area contributed by atoms with E-state index in [1.54, 1.807) is 0 Å². The first-order chi connectivity index (χ1) is 3.91. The van der Waals surface area contributed by atoms with Gasteiger partial charge in [0.2, 0.25) is 0 Å². The van der Waals surface area contributed by atoms with Crippen LogP contribution in [0.4, 0.5) is 0 Å². The number of hydrogen-bond donors (Lipinski definition) is 4. The maximum absolute atomic E-state index is 8.74. The molecule has 0 aliphatic heterocycles. The molecule has 0 saturated heterocycles. The van der Waals surface area contributed by atoms with Crippen LogP contribution in [0.1, 0.15) is 1.43 Å². The van der Waals surface area contributed by atoms with E-state index in [4.69, 9.17) is 28.4 Å². The predicted molar refractivity (Wildman–Crippen MR) is 31.4 cm³/mol. The fourth-order valence-corrected chi connectivity index (χ4v) is 0. The summed E-state index contributed by atoms with van der Waals surface area (Å²) in [5.74, 6) is 0. The molecule has 60 valence electrons. The van der Waals surface area contributed by atoms with Gasteiger partial charge in [-0.25, -0.2) is 0 Å². The first-order valence-corrected chi connectivity index (χ1v) is 3.32. The Morgan fingerprint density at radius 1 is 1.40 bits per heavy atom. The molecule has 0 amide bonds. The largest absolute Gasteiger partial charge is 1.00 e. The van der Waals surface area contributed by atoms with Gasteiger partial charge in [-0.3, -0.25) is 9.11 Å². The molecule has 0 aromatic carbocycles. The van der Waals surface area contributed by atoms with Crippen LogP contribution in [0.5, 0.6) is 0 Å². The Bertz CT molecular complexity index is 127. The molecule has 0 bridgehead atoms. The summed E-state index contributed by atoms with van der Waals surface area (Å²) in [6, 6.07) is 0. The molecule has 8 heteroatoms. The van der Waals surface area contributed by atoms with Crippen LogP contribution in [0, 0.1) is 0 Å². The average molecular weight is 183 g/mol. The van der Waals surface area contributed by atoms with Crippen LogP contribution in [0.15, 0.2) is 0 Å². The van der Waals surface area contributed by atoms with E-state index in [2.05, 4.69) is 0 Å². The van der Waals surface area contributed by atoms with Crippen LogP contribution in [0.2, 0.25) is 0 Å². The number of aliphatic hydroxyl groups excluding tert-OH is 1. The first-order valence-electron chi connectivity index (χ1n) is 1.92. The first kappa shape index (κ1) is 17.0. The van der Waals surface area contributed by atoms with Crippen molar-refractivity contribution < 1.29 is 53.6 Å². The van der Waals surface area contributed by atoms with Crippen molar-refractivity contribution in [3.8, 4) is 0 Å². The molecular weight excluding hydrogens is 173 g/mol. The Kier molecular flexibility index (Phi) is 16.7. The SMILES string of the molecule is NCCO.O=S(=O)(O)O.[H-].[Na+]. The summed E-state index contributed by atoms with van der Waals surface area (Å²) in [7, 11) is -4.67. The number of hydrogen-bond acceptors (Lipinski definition) is 4. The normalized spacial score (nSPS) is 8.80. The van der Waals surface area contributed by atoms with Gasteiger partial charge in [-0.2, -0.15) is 8.42 Å². The molecule has 0 radical (unpaired) electrons. The Hall–Kier alpha value is 0.790. The van der Waals surface area contributed by atoms with Crippen LogP contribution >= 0.6 is 0 Å². The van der Waals surface area contributed by atoms with Gasteiger partial charge in [0, 0.05) is 6.54 Å². The molecule has 5 N–H and O–H groups in total. The van der Waals surface area contributed by atoms with Crippen LogP contribution in [0.3, 0.4) is 0 Å². The Labute approximate surface area is 82.8 Å². The van der Waals surface area contributed by atoms with Crippen LogP contribution < -0.4 is 35.3 Å². The smallest absolute Gasteiger partial charge is 1.00 e. The maximum atomic E-state index is 8.74. The van der Waals surface area contributed by atoms with Gasteiger partial charge < -0.3 is 12.3 Å². The summed E-state index contributed by atoms with van der Waals surface area (Å²) in [4.78, 5) is 0. The summed E-state index contributed by atoms with van der Waals surface area (Å²) >= 11 is 0. The Morgan fingerprint density at radius 2 is 1.50 bits per heavy atom. The minimum absolute atomic E-state index is 0. The van der Waals surface area contributed by atoms with E-state index in [-0.39, 0.29) is 37.6 Å². The Balaban J connectivity index is -0.0000000383. The van der Waals surface area contributed by atoms with E-state index in [1.807, 2.05) is 0 Å². The third kappa shape index (κ3) is 166. The van der Waals surface area contributed by atoms with E-state index >= 15 is 0 Å². The molecule has 0 aromatic heterocycles. The van der Waals surface area contributed by atoms with Crippen LogP contribution in [-0.2, 0) is 10.4 Å². The molecule has 6 nitrogen and oxygen atoms in total. The van der Waals surface area contributed by atoms with Gasteiger partial charge in [-0.1, -0.05) is 0 Å². The van der Waals surface area contributed by atoms with Crippen LogP contribution in [-0.4, -0.2) is 35.8 Å². The van der Waals surface area contributed by atoms with Crippen molar-refractivity contribution in [1.29, 1.82) is 0 Å². The van der Waals surface area contributed by atoms with E-state index < -0.39 is 10.4 Å². The van der Waals surface area contributed by atoms with E-state index in [0.717, 1.165) is 0 Å². The third-order valence-electron chi connectivity index (χ3n) is 0.129. The quantitative estimate of drug-likeness (QED) is 0.240. The zero-order chi connectivity index (χ0) is 7.91. The number of nitrogens with two attached hydrogens (primary N) is 1. The Morgan fingerprint density at radius 3 is 1.50 bits per heavy atom. The fraction of sp³-hybridized carbons (Fsp3) is 1.00. The molecule has 0 aliphatic rings. The second kappa shape index (κ2) is 9.79. The maximum Gasteiger partial charge on any atom is 1.00 e.